The number of nitrogens with one attached hydrogen (secondary N) is 2. The highest BCUT2D eigenvalue weighted by Gasteiger charge is 2.13. The number of halogens is 1. The zero-order valence-corrected chi connectivity index (χ0v) is 14.2. The number of carbonyl (C=O) groups excluding carboxylic acids is 1. The van der Waals surface area contributed by atoms with Crippen molar-refractivity contribution in [1.29, 1.82) is 0 Å². The molecule has 2 N–H and O–H groups in total. The fourth-order valence-corrected chi connectivity index (χ4v) is 2.78. The lowest BCUT2D eigenvalue weighted by atomic mass is 10.2. The smallest absolute Gasteiger partial charge is 0.257 e. The van der Waals surface area contributed by atoms with Gasteiger partial charge in [-0.3, -0.25) is 9.48 Å². The minimum absolute atomic E-state index is 0.153. The first-order chi connectivity index (χ1) is 12.5. The van der Waals surface area contributed by atoms with E-state index in [0.717, 1.165) is 22.2 Å². The lowest BCUT2D eigenvalue weighted by molar-refractivity contribution is 0.102. The number of pyridine rings is 1. The Hall–Kier alpha value is -3.48. The number of carbonyl (C=O) groups is 1. The summed E-state index contributed by atoms with van der Waals surface area (Å²) < 4.78 is 15.6. The normalized spacial score (nSPS) is 11.0. The largest absolute Gasteiger partial charge is 0.339 e. The number of fused-ring (bicyclic) bond motifs is 1. The standard InChI is InChI=1S/C19H16FN5O/c1-11-3-4-15(20)17(5-11)24-19(26)13-6-12-7-16(23-18(12)21-8-13)14-9-22-25(2)10-14/h3-10H,1-2H3,(H,21,23)(H,24,26). The Balaban J connectivity index is 1.64. The summed E-state index contributed by atoms with van der Waals surface area (Å²) in [6.07, 6.45) is 5.10. The summed E-state index contributed by atoms with van der Waals surface area (Å²) in [4.78, 5) is 20.0. The maximum Gasteiger partial charge on any atom is 0.257 e. The molecule has 0 aliphatic rings. The number of rotatable bonds is 3. The molecule has 0 aliphatic carbocycles. The van der Waals surface area contributed by atoms with Crippen molar-refractivity contribution in [2.45, 2.75) is 6.92 Å². The van der Waals surface area contributed by atoms with E-state index in [1.54, 1.807) is 29.1 Å². The predicted octanol–water partition coefficient (Wildman–Crippen LogP) is 3.66. The summed E-state index contributed by atoms with van der Waals surface area (Å²) in [6.45, 7) is 1.84. The number of hydrogen-bond acceptors (Lipinski definition) is 3. The number of aryl methyl sites for hydroxylation is 2. The van der Waals surface area contributed by atoms with Gasteiger partial charge in [-0.05, 0) is 36.8 Å². The van der Waals surface area contributed by atoms with Crippen molar-refractivity contribution in [2.24, 2.45) is 7.05 Å². The van der Waals surface area contributed by atoms with Crippen LogP contribution in [-0.2, 0) is 7.05 Å². The molecular weight excluding hydrogens is 333 g/mol. The van der Waals surface area contributed by atoms with Crippen LogP contribution in [0.1, 0.15) is 15.9 Å². The van der Waals surface area contributed by atoms with E-state index in [2.05, 4.69) is 20.4 Å². The number of anilines is 1. The first-order valence-corrected chi connectivity index (χ1v) is 8.05. The number of hydrogen-bond donors (Lipinski definition) is 2. The van der Waals surface area contributed by atoms with Gasteiger partial charge in [-0.2, -0.15) is 5.10 Å². The van der Waals surface area contributed by atoms with Crippen LogP contribution in [0.25, 0.3) is 22.3 Å². The van der Waals surface area contributed by atoms with Crippen LogP contribution >= 0.6 is 0 Å². The summed E-state index contributed by atoms with van der Waals surface area (Å²) in [6, 6.07) is 8.21. The SMILES string of the molecule is Cc1ccc(F)c(NC(=O)c2cnc3[nH]c(-c4cnn(C)c4)cc3c2)c1. The van der Waals surface area contributed by atoms with Crippen molar-refractivity contribution in [3.63, 3.8) is 0 Å². The monoisotopic (exact) mass is 349 g/mol. The highest BCUT2D eigenvalue weighted by Crippen LogP contribution is 2.24. The average molecular weight is 349 g/mol. The molecule has 3 aromatic heterocycles. The number of benzene rings is 1. The molecule has 1 amide bonds. The average Bonchev–Trinajstić information content (AvgIpc) is 3.23. The highest BCUT2D eigenvalue weighted by molar-refractivity contribution is 6.06. The lowest BCUT2D eigenvalue weighted by Gasteiger charge is -2.07. The summed E-state index contributed by atoms with van der Waals surface area (Å²) in [7, 11) is 1.84. The molecule has 0 aliphatic heterocycles. The molecule has 130 valence electrons. The van der Waals surface area contributed by atoms with E-state index in [9.17, 15) is 9.18 Å². The molecule has 0 radical (unpaired) electrons. The van der Waals surface area contributed by atoms with Gasteiger partial charge in [0.2, 0.25) is 0 Å². The number of H-pyrrole nitrogens is 1. The second kappa shape index (κ2) is 6.11. The van der Waals surface area contributed by atoms with E-state index < -0.39 is 11.7 Å². The van der Waals surface area contributed by atoms with Gasteiger partial charge >= 0.3 is 0 Å². The summed E-state index contributed by atoms with van der Waals surface area (Å²) in [5, 5.41) is 7.54. The van der Waals surface area contributed by atoms with Gasteiger partial charge in [0.1, 0.15) is 11.5 Å². The zero-order chi connectivity index (χ0) is 18.3. The van der Waals surface area contributed by atoms with Gasteiger partial charge in [-0.25, -0.2) is 9.37 Å². The molecule has 0 bridgehead atoms. The first-order valence-electron chi connectivity index (χ1n) is 8.05. The van der Waals surface area contributed by atoms with Crippen LogP contribution in [-0.4, -0.2) is 25.7 Å². The quantitative estimate of drug-likeness (QED) is 0.593. The predicted molar refractivity (Wildman–Crippen MR) is 97.4 cm³/mol. The Morgan fingerprint density at radius 2 is 2.08 bits per heavy atom. The van der Waals surface area contributed by atoms with Gasteiger partial charge in [0.05, 0.1) is 23.1 Å². The second-order valence-corrected chi connectivity index (χ2v) is 6.18. The third-order valence-electron chi connectivity index (χ3n) is 4.12. The van der Waals surface area contributed by atoms with E-state index >= 15 is 0 Å². The first kappa shape index (κ1) is 16.0. The van der Waals surface area contributed by atoms with E-state index in [1.807, 2.05) is 26.2 Å². The van der Waals surface area contributed by atoms with Crippen molar-refractivity contribution >= 4 is 22.6 Å². The molecule has 0 saturated heterocycles. The molecule has 3 heterocycles. The van der Waals surface area contributed by atoms with Crippen molar-refractivity contribution < 1.29 is 9.18 Å². The molecule has 1 aromatic carbocycles. The molecule has 7 heteroatoms. The maximum atomic E-state index is 13.8. The summed E-state index contributed by atoms with van der Waals surface area (Å²) >= 11 is 0. The minimum atomic E-state index is -0.474. The number of amides is 1. The van der Waals surface area contributed by atoms with Crippen LogP contribution in [0.3, 0.4) is 0 Å². The van der Waals surface area contributed by atoms with Crippen LogP contribution in [0.4, 0.5) is 10.1 Å². The van der Waals surface area contributed by atoms with Crippen LogP contribution in [0.5, 0.6) is 0 Å². The fraction of sp³-hybridized carbons (Fsp3) is 0.105. The van der Waals surface area contributed by atoms with Crippen LogP contribution < -0.4 is 5.32 Å². The Labute approximate surface area is 148 Å². The van der Waals surface area contributed by atoms with Crippen LogP contribution in [0.2, 0.25) is 0 Å². The highest BCUT2D eigenvalue weighted by atomic mass is 19.1. The van der Waals surface area contributed by atoms with Gasteiger partial charge in [0.25, 0.3) is 5.91 Å². The van der Waals surface area contributed by atoms with E-state index in [4.69, 9.17) is 0 Å². The maximum absolute atomic E-state index is 13.8. The van der Waals surface area contributed by atoms with Gasteiger partial charge in [-0.15, -0.1) is 0 Å². The Kier molecular flexibility index (Phi) is 3.76. The third-order valence-corrected chi connectivity index (χ3v) is 4.12. The minimum Gasteiger partial charge on any atom is -0.339 e. The topological polar surface area (TPSA) is 75.6 Å². The molecule has 0 fully saturated rings. The van der Waals surface area contributed by atoms with Gasteiger partial charge in [0.15, 0.2) is 0 Å². The second-order valence-electron chi connectivity index (χ2n) is 6.18. The van der Waals surface area contributed by atoms with Crippen molar-refractivity contribution in [3.8, 4) is 11.3 Å². The van der Waals surface area contributed by atoms with Crippen LogP contribution in [0.15, 0.2) is 48.9 Å². The molecule has 0 unspecified atom stereocenters. The molecule has 6 nitrogen and oxygen atoms in total. The van der Waals surface area contributed by atoms with Gasteiger partial charge < -0.3 is 10.3 Å². The zero-order valence-electron chi connectivity index (χ0n) is 14.2. The Morgan fingerprint density at radius 1 is 1.23 bits per heavy atom. The fourth-order valence-electron chi connectivity index (χ4n) is 2.78. The van der Waals surface area contributed by atoms with E-state index in [0.29, 0.717) is 11.2 Å². The summed E-state index contributed by atoms with van der Waals surface area (Å²) in [5.74, 6) is -0.883. The number of aromatic amines is 1. The van der Waals surface area contributed by atoms with Crippen LogP contribution in [0, 0.1) is 12.7 Å². The molecule has 0 spiro atoms. The lowest BCUT2D eigenvalue weighted by Crippen LogP contribution is -2.13. The molecule has 26 heavy (non-hydrogen) atoms. The van der Waals surface area contributed by atoms with Crippen molar-refractivity contribution in [1.82, 2.24) is 19.7 Å². The molecule has 0 atom stereocenters. The number of nitrogens with zero attached hydrogens (tertiary/aromatic N) is 3. The molecule has 0 saturated carbocycles. The number of aromatic nitrogens is 4. The Morgan fingerprint density at radius 3 is 2.85 bits per heavy atom. The molecule has 4 aromatic rings. The van der Waals surface area contributed by atoms with Gasteiger partial charge in [0, 0.05) is 30.4 Å². The van der Waals surface area contributed by atoms with E-state index in [1.165, 1.54) is 12.3 Å². The summed E-state index contributed by atoms with van der Waals surface area (Å²) in [5.41, 5.74) is 3.83. The Bertz CT molecular complexity index is 1130. The van der Waals surface area contributed by atoms with E-state index in [-0.39, 0.29) is 5.69 Å². The molecule has 4 rings (SSSR count). The van der Waals surface area contributed by atoms with Gasteiger partial charge in [-0.1, -0.05) is 6.07 Å². The van der Waals surface area contributed by atoms with Crippen molar-refractivity contribution in [3.05, 3.63) is 65.9 Å². The third kappa shape index (κ3) is 2.95. The molecular formula is C19H16FN5O. The van der Waals surface area contributed by atoms with Crippen molar-refractivity contribution in [2.75, 3.05) is 5.32 Å².